The van der Waals surface area contributed by atoms with Gasteiger partial charge in [0.2, 0.25) is 0 Å². The molecule has 1 fully saturated rings. The van der Waals surface area contributed by atoms with E-state index in [9.17, 15) is 14.7 Å². The summed E-state index contributed by atoms with van der Waals surface area (Å²) in [5, 5.41) is 10.3. The maximum atomic E-state index is 13.6. The van der Waals surface area contributed by atoms with Crippen LogP contribution in [0.1, 0.15) is 11.1 Å². The number of hydrogen-bond donors (Lipinski definition) is 2. The Kier molecular flexibility index (Phi) is 5.98. The monoisotopic (exact) mass is 444 g/mol. The number of para-hydroxylation sites is 1. The molecule has 2 aliphatic heterocycles. The van der Waals surface area contributed by atoms with E-state index in [0.717, 1.165) is 35.1 Å². The zero-order valence-corrected chi connectivity index (χ0v) is 18.5. The first-order valence-electron chi connectivity index (χ1n) is 11.5. The van der Waals surface area contributed by atoms with Crippen LogP contribution in [-0.4, -0.2) is 82.5 Å². The van der Waals surface area contributed by atoms with E-state index in [-0.39, 0.29) is 18.4 Å². The molecule has 0 atom stereocenters. The number of nitrogens with one attached hydrogen (secondary N) is 1. The summed E-state index contributed by atoms with van der Waals surface area (Å²) >= 11 is 0. The number of hydrogen-bond acceptors (Lipinski definition) is 5. The summed E-state index contributed by atoms with van der Waals surface area (Å²) in [5.41, 5.74) is 3.93. The van der Waals surface area contributed by atoms with Crippen LogP contribution in [-0.2, 0) is 16.0 Å². The van der Waals surface area contributed by atoms with Gasteiger partial charge in [0.1, 0.15) is 5.70 Å². The Hall–Kier alpha value is -3.42. The molecule has 2 amide bonds. The van der Waals surface area contributed by atoms with Gasteiger partial charge in [-0.1, -0.05) is 48.5 Å². The summed E-state index contributed by atoms with van der Waals surface area (Å²) in [5.74, 6) is -0.437. The minimum atomic E-state index is -0.223. The number of H-pyrrole nitrogens is 1. The number of fused-ring (bicyclic) bond motifs is 1. The van der Waals surface area contributed by atoms with Gasteiger partial charge >= 0.3 is 0 Å². The van der Waals surface area contributed by atoms with E-state index in [4.69, 9.17) is 0 Å². The molecule has 2 N–H and O–H groups in total. The van der Waals surface area contributed by atoms with E-state index >= 15 is 0 Å². The van der Waals surface area contributed by atoms with E-state index in [2.05, 4.69) is 16.0 Å². The lowest BCUT2D eigenvalue weighted by atomic mass is 10.0. The molecular weight excluding hydrogens is 416 g/mol. The van der Waals surface area contributed by atoms with Crippen molar-refractivity contribution >= 4 is 28.3 Å². The molecule has 3 aromatic rings. The van der Waals surface area contributed by atoms with Crippen LogP contribution < -0.4 is 0 Å². The normalized spacial score (nSPS) is 17.6. The summed E-state index contributed by atoms with van der Waals surface area (Å²) in [6.07, 6.45) is 2.56. The number of aliphatic hydroxyl groups excluding tert-OH is 1. The molecule has 1 aromatic heterocycles. The van der Waals surface area contributed by atoms with Crippen molar-refractivity contribution in [2.45, 2.75) is 6.42 Å². The molecule has 5 rings (SSSR count). The molecule has 3 heterocycles. The van der Waals surface area contributed by atoms with Gasteiger partial charge in [-0.15, -0.1) is 0 Å². The molecule has 170 valence electrons. The number of β-amino-alcohol motifs (C(OH)–C–C–N with tert-alkyl or cyclic N) is 1. The summed E-state index contributed by atoms with van der Waals surface area (Å²) in [6, 6.07) is 17.5. The minimum absolute atomic E-state index is 0.122. The van der Waals surface area contributed by atoms with Crippen molar-refractivity contribution in [2.24, 2.45) is 0 Å². The summed E-state index contributed by atoms with van der Waals surface area (Å²) in [4.78, 5) is 36.0. The lowest BCUT2D eigenvalue weighted by Crippen LogP contribution is -2.48. The number of benzene rings is 2. The number of carbonyl (C=O) groups is 2. The third kappa shape index (κ3) is 4.05. The number of carbonyl (C=O) groups excluding carboxylic acids is 2. The highest BCUT2D eigenvalue weighted by Gasteiger charge is 2.41. The van der Waals surface area contributed by atoms with Gasteiger partial charge in [-0.3, -0.25) is 19.4 Å². The topological polar surface area (TPSA) is 79.9 Å². The van der Waals surface area contributed by atoms with E-state index in [0.29, 0.717) is 43.9 Å². The van der Waals surface area contributed by atoms with Gasteiger partial charge < -0.3 is 15.0 Å². The second-order valence-electron chi connectivity index (χ2n) is 8.51. The largest absolute Gasteiger partial charge is 0.395 e. The molecule has 0 bridgehead atoms. The van der Waals surface area contributed by atoms with Crippen molar-refractivity contribution in [3.63, 3.8) is 0 Å². The Balaban J connectivity index is 1.41. The smallest absolute Gasteiger partial charge is 0.277 e. The van der Waals surface area contributed by atoms with E-state index in [1.807, 2.05) is 59.6 Å². The van der Waals surface area contributed by atoms with Crippen LogP contribution in [0.25, 0.3) is 16.5 Å². The van der Waals surface area contributed by atoms with Crippen molar-refractivity contribution in [2.75, 3.05) is 45.9 Å². The molecule has 33 heavy (non-hydrogen) atoms. The average molecular weight is 445 g/mol. The predicted octanol–water partition coefficient (Wildman–Crippen LogP) is 2.10. The van der Waals surface area contributed by atoms with Crippen LogP contribution in [0, 0.1) is 0 Å². The predicted molar refractivity (Wildman–Crippen MR) is 127 cm³/mol. The molecule has 2 aromatic carbocycles. The number of aromatic amines is 1. The van der Waals surface area contributed by atoms with E-state index < -0.39 is 0 Å². The molecule has 0 spiro atoms. The molecular formula is C26H28N4O3. The number of aromatic nitrogens is 1. The highest BCUT2D eigenvalue weighted by molar-refractivity contribution is 6.35. The lowest BCUT2D eigenvalue weighted by molar-refractivity contribution is -0.137. The van der Waals surface area contributed by atoms with E-state index in [1.165, 1.54) is 4.90 Å². The van der Waals surface area contributed by atoms with Gasteiger partial charge in [0.05, 0.1) is 12.2 Å². The van der Waals surface area contributed by atoms with Gasteiger partial charge in [0.15, 0.2) is 0 Å². The number of rotatable bonds is 7. The first-order valence-corrected chi connectivity index (χ1v) is 11.5. The van der Waals surface area contributed by atoms with Crippen molar-refractivity contribution in [1.29, 1.82) is 0 Å². The highest BCUT2D eigenvalue weighted by Crippen LogP contribution is 2.32. The fourth-order valence-corrected chi connectivity index (χ4v) is 4.83. The van der Waals surface area contributed by atoms with E-state index in [1.54, 1.807) is 0 Å². The molecule has 7 heteroatoms. The molecule has 2 aliphatic rings. The fourth-order valence-electron chi connectivity index (χ4n) is 4.83. The Labute approximate surface area is 192 Å². The number of nitrogens with zero attached hydrogens (tertiary/aromatic N) is 3. The summed E-state index contributed by atoms with van der Waals surface area (Å²) in [7, 11) is 0. The second kappa shape index (κ2) is 9.21. The third-order valence-electron chi connectivity index (χ3n) is 6.59. The first-order chi connectivity index (χ1) is 16.2. The Bertz CT molecular complexity index is 1190. The lowest BCUT2D eigenvalue weighted by Gasteiger charge is -2.36. The van der Waals surface area contributed by atoms with Crippen molar-refractivity contribution < 1.29 is 14.7 Å². The van der Waals surface area contributed by atoms with Crippen LogP contribution in [0.2, 0.25) is 0 Å². The van der Waals surface area contributed by atoms with Crippen LogP contribution in [0.15, 0.2) is 66.5 Å². The van der Waals surface area contributed by atoms with Crippen molar-refractivity contribution in [1.82, 2.24) is 19.7 Å². The number of piperazine rings is 1. The third-order valence-corrected chi connectivity index (χ3v) is 6.59. The number of imide groups is 1. The van der Waals surface area contributed by atoms with Crippen LogP contribution >= 0.6 is 0 Å². The van der Waals surface area contributed by atoms with Gasteiger partial charge in [0, 0.05) is 56.4 Å². The molecule has 0 aliphatic carbocycles. The summed E-state index contributed by atoms with van der Waals surface area (Å²) in [6.45, 7) is 3.90. The molecule has 0 unspecified atom stereocenters. The minimum Gasteiger partial charge on any atom is -0.395 e. The summed E-state index contributed by atoms with van der Waals surface area (Å²) < 4.78 is 0. The van der Waals surface area contributed by atoms with Crippen molar-refractivity contribution in [3.05, 3.63) is 77.6 Å². The number of amides is 2. The zero-order valence-electron chi connectivity index (χ0n) is 18.5. The van der Waals surface area contributed by atoms with Gasteiger partial charge in [-0.05, 0) is 23.6 Å². The van der Waals surface area contributed by atoms with Crippen molar-refractivity contribution in [3.8, 4) is 0 Å². The van der Waals surface area contributed by atoms with Gasteiger partial charge in [0.25, 0.3) is 11.8 Å². The molecule has 0 saturated carbocycles. The van der Waals surface area contributed by atoms with Gasteiger partial charge in [-0.25, -0.2) is 0 Å². The van der Waals surface area contributed by atoms with Crippen LogP contribution in [0.5, 0.6) is 0 Å². The van der Waals surface area contributed by atoms with Crippen LogP contribution in [0.3, 0.4) is 0 Å². The molecule has 7 nitrogen and oxygen atoms in total. The fraction of sp³-hybridized carbons (Fsp3) is 0.308. The SMILES string of the molecule is O=C1C(c2ccccc2)=C(N2CCN(CCO)CC2)C(=O)N1CCc1c[nH]c2ccccc12. The number of aliphatic hydroxyl groups is 1. The molecule has 0 radical (unpaired) electrons. The maximum Gasteiger partial charge on any atom is 0.277 e. The maximum absolute atomic E-state index is 13.6. The Morgan fingerprint density at radius 1 is 0.848 bits per heavy atom. The second-order valence-corrected chi connectivity index (χ2v) is 8.51. The Morgan fingerprint density at radius 2 is 1.58 bits per heavy atom. The quantitative estimate of drug-likeness (QED) is 0.546. The average Bonchev–Trinajstić information content (AvgIpc) is 3.37. The van der Waals surface area contributed by atoms with Crippen LogP contribution in [0.4, 0.5) is 0 Å². The van der Waals surface area contributed by atoms with Gasteiger partial charge in [-0.2, -0.15) is 0 Å². The first kappa shape index (κ1) is 21.4. The standard InChI is InChI=1S/C26H28N4O3/c31-17-16-28-12-14-29(15-13-28)24-23(19-6-2-1-3-7-19)25(32)30(26(24)33)11-10-20-18-27-22-9-5-4-8-21(20)22/h1-9,18,27,31H,10-17H2. The zero-order chi connectivity index (χ0) is 22.8. The molecule has 1 saturated heterocycles. The highest BCUT2D eigenvalue weighted by atomic mass is 16.3. The Morgan fingerprint density at radius 3 is 2.33 bits per heavy atom.